The SMILES string of the molecule is CN=C(NCCS(=O)(=O)NCC1CCC1)NC(C)CCC(C)C. The summed E-state index contributed by atoms with van der Waals surface area (Å²) in [5.74, 6) is 1.95. The first kappa shape index (κ1) is 20.2. The van der Waals surface area contributed by atoms with Crippen molar-refractivity contribution in [3.63, 3.8) is 0 Å². The van der Waals surface area contributed by atoms with Crippen LogP contribution >= 0.6 is 0 Å². The van der Waals surface area contributed by atoms with E-state index in [1.807, 2.05) is 0 Å². The maximum atomic E-state index is 11.9. The minimum Gasteiger partial charge on any atom is -0.355 e. The van der Waals surface area contributed by atoms with E-state index in [2.05, 4.69) is 41.1 Å². The molecule has 0 aromatic heterocycles. The van der Waals surface area contributed by atoms with Crippen LogP contribution in [0.4, 0.5) is 0 Å². The zero-order chi connectivity index (χ0) is 17.3. The lowest BCUT2D eigenvalue weighted by Crippen LogP contribution is -2.45. The summed E-state index contributed by atoms with van der Waals surface area (Å²) in [5.41, 5.74) is 0. The van der Waals surface area contributed by atoms with Crippen LogP contribution in [0.15, 0.2) is 4.99 Å². The molecule has 0 aliphatic heterocycles. The first-order valence-electron chi connectivity index (χ1n) is 8.77. The van der Waals surface area contributed by atoms with Crippen molar-refractivity contribution in [2.75, 3.05) is 25.9 Å². The molecule has 0 radical (unpaired) electrons. The molecule has 7 heteroatoms. The zero-order valence-corrected chi connectivity index (χ0v) is 15.9. The molecule has 1 fully saturated rings. The van der Waals surface area contributed by atoms with E-state index in [9.17, 15) is 8.42 Å². The Kier molecular flexibility index (Phi) is 8.91. The third-order valence-electron chi connectivity index (χ3n) is 4.26. The molecule has 0 amide bonds. The minimum absolute atomic E-state index is 0.0702. The molecule has 0 saturated heterocycles. The summed E-state index contributed by atoms with van der Waals surface area (Å²) < 4.78 is 26.6. The summed E-state index contributed by atoms with van der Waals surface area (Å²) in [6.07, 6.45) is 5.74. The van der Waals surface area contributed by atoms with Crippen molar-refractivity contribution in [1.82, 2.24) is 15.4 Å². The summed E-state index contributed by atoms with van der Waals surface area (Å²) in [5, 5.41) is 6.38. The fourth-order valence-corrected chi connectivity index (χ4v) is 3.41. The molecular formula is C16H34N4O2S. The van der Waals surface area contributed by atoms with Gasteiger partial charge in [-0.25, -0.2) is 13.1 Å². The van der Waals surface area contributed by atoms with Crippen molar-refractivity contribution in [1.29, 1.82) is 0 Å². The van der Waals surface area contributed by atoms with Gasteiger partial charge >= 0.3 is 0 Å². The van der Waals surface area contributed by atoms with E-state index in [1.165, 1.54) is 6.42 Å². The van der Waals surface area contributed by atoms with Crippen molar-refractivity contribution < 1.29 is 8.42 Å². The van der Waals surface area contributed by atoms with Gasteiger partial charge in [-0.15, -0.1) is 0 Å². The monoisotopic (exact) mass is 346 g/mol. The molecule has 23 heavy (non-hydrogen) atoms. The van der Waals surface area contributed by atoms with E-state index in [-0.39, 0.29) is 5.75 Å². The summed E-state index contributed by atoms with van der Waals surface area (Å²) in [4.78, 5) is 4.15. The van der Waals surface area contributed by atoms with Crippen LogP contribution < -0.4 is 15.4 Å². The van der Waals surface area contributed by atoms with Crippen molar-refractivity contribution in [2.45, 2.75) is 58.9 Å². The average molecular weight is 347 g/mol. The number of hydrogen-bond donors (Lipinski definition) is 3. The molecular weight excluding hydrogens is 312 g/mol. The molecule has 6 nitrogen and oxygen atoms in total. The molecule has 1 aliphatic carbocycles. The fourth-order valence-electron chi connectivity index (χ4n) is 2.40. The molecule has 1 saturated carbocycles. The molecule has 0 aromatic rings. The van der Waals surface area contributed by atoms with Crippen molar-refractivity contribution in [2.24, 2.45) is 16.8 Å². The number of hydrogen-bond acceptors (Lipinski definition) is 3. The number of nitrogens with one attached hydrogen (secondary N) is 3. The highest BCUT2D eigenvalue weighted by Gasteiger charge is 2.20. The van der Waals surface area contributed by atoms with E-state index in [0.29, 0.717) is 36.9 Å². The van der Waals surface area contributed by atoms with Gasteiger partial charge in [0.05, 0.1) is 5.75 Å². The van der Waals surface area contributed by atoms with Gasteiger partial charge in [-0.05, 0) is 44.4 Å². The van der Waals surface area contributed by atoms with Gasteiger partial charge in [-0.1, -0.05) is 20.3 Å². The predicted octanol–water partition coefficient (Wildman–Crippen LogP) is 1.70. The number of aliphatic imine (C=N–C) groups is 1. The maximum Gasteiger partial charge on any atom is 0.213 e. The van der Waals surface area contributed by atoms with Crippen molar-refractivity contribution in [3.05, 3.63) is 0 Å². The quantitative estimate of drug-likeness (QED) is 0.415. The molecule has 1 rings (SSSR count). The van der Waals surface area contributed by atoms with E-state index in [4.69, 9.17) is 0 Å². The lowest BCUT2D eigenvalue weighted by Gasteiger charge is -2.25. The summed E-state index contributed by atoms with van der Waals surface area (Å²) in [6, 6.07) is 0.317. The Labute approximate surface area is 142 Å². The Morgan fingerprint density at radius 2 is 1.91 bits per heavy atom. The van der Waals surface area contributed by atoms with Gasteiger partial charge in [0, 0.05) is 26.2 Å². The topological polar surface area (TPSA) is 82.6 Å². The second-order valence-corrected chi connectivity index (χ2v) is 8.91. The van der Waals surface area contributed by atoms with Gasteiger partial charge in [-0.3, -0.25) is 4.99 Å². The molecule has 1 atom stereocenters. The Hall–Kier alpha value is -0.820. The Morgan fingerprint density at radius 3 is 2.43 bits per heavy atom. The van der Waals surface area contributed by atoms with Gasteiger partial charge in [0.15, 0.2) is 5.96 Å². The largest absolute Gasteiger partial charge is 0.355 e. The Morgan fingerprint density at radius 1 is 1.22 bits per heavy atom. The molecule has 0 bridgehead atoms. The highest BCUT2D eigenvalue weighted by Crippen LogP contribution is 2.25. The highest BCUT2D eigenvalue weighted by atomic mass is 32.2. The molecule has 0 aromatic carbocycles. The van der Waals surface area contributed by atoms with E-state index in [0.717, 1.165) is 25.7 Å². The van der Waals surface area contributed by atoms with Gasteiger partial charge in [-0.2, -0.15) is 0 Å². The van der Waals surface area contributed by atoms with E-state index >= 15 is 0 Å². The van der Waals surface area contributed by atoms with Gasteiger partial charge in [0.25, 0.3) is 0 Å². The zero-order valence-electron chi connectivity index (χ0n) is 15.1. The number of rotatable bonds is 10. The molecule has 1 aliphatic rings. The fraction of sp³-hybridized carbons (Fsp3) is 0.938. The van der Waals surface area contributed by atoms with Crippen LogP contribution in [0.1, 0.15) is 52.9 Å². The predicted molar refractivity (Wildman–Crippen MR) is 97.2 cm³/mol. The van der Waals surface area contributed by atoms with Crippen molar-refractivity contribution in [3.8, 4) is 0 Å². The third kappa shape index (κ3) is 9.15. The number of sulfonamides is 1. The summed E-state index contributed by atoms with van der Waals surface area (Å²) in [6.45, 7) is 7.48. The summed E-state index contributed by atoms with van der Waals surface area (Å²) >= 11 is 0. The first-order valence-corrected chi connectivity index (χ1v) is 10.4. The molecule has 3 N–H and O–H groups in total. The Bertz CT molecular complexity index is 459. The van der Waals surface area contributed by atoms with Crippen LogP contribution in [0, 0.1) is 11.8 Å². The lowest BCUT2D eigenvalue weighted by molar-refractivity contribution is 0.316. The molecule has 0 heterocycles. The Balaban J connectivity index is 2.22. The minimum atomic E-state index is -3.20. The van der Waals surface area contributed by atoms with Gasteiger partial charge in [0.2, 0.25) is 10.0 Å². The maximum absolute atomic E-state index is 11.9. The number of nitrogens with zero attached hydrogens (tertiary/aromatic N) is 1. The van der Waals surface area contributed by atoms with Crippen LogP contribution in [0.2, 0.25) is 0 Å². The van der Waals surface area contributed by atoms with Gasteiger partial charge < -0.3 is 10.6 Å². The second kappa shape index (κ2) is 10.1. The van der Waals surface area contributed by atoms with Gasteiger partial charge in [0.1, 0.15) is 0 Å². The second-order valence-electron chi connectivity index (χ2n) is 6.98. The van der Waals surface area contributed by atoms with Crippen LogP contribution in [-0.4, -0.2) is 46.3 Å². The molecule has 0 spiro atoms. The van der Waals surface area contributed by atoms with Crippen LogP contribution in [0.25, 0.3) is 0 Å². The standard InChI is InChI=1S/C16H34N4O2S/c1-13(2)8-9-14(3)20-16(17-4)18-10-11-23(21,22)19-12-15-6-5-7-15/h13-15,19H,5-12H2,1-4H3,(H2,17,18,20). The first-order chi connectivity index (χ1) is 10.8. The lowest BCUT2D eigenvalue weighted by atomic mass is 9.86. The van der Waals surface area contributed by atoms with E-state index in [1.54, 1.807) is 7.05 Å². The van der Waals surface area contributed by atoms with Crippen LogP contribution in [-0.2, 0) is 10.0 Å². The molecule has 136 valence electrons. The van der Waals surface area contributed by atoms with E-state index < -0.39 is 10.0 Å². The smallest absolute Gasteiger partial charge is 0.213 e. The molecule has 1 unspecified atom stereocenters. The van der Waals surface area contributed by atoms with Crippen molar-refractivity contribution >= 4 is 16.0 Å². The summed E-state index contributed by atoms with van der Waals surface area (Å²) in [7, 11) is -1.50. The number of guanidine groups is 1. The van der Waals surface area contributed by atoms with Crippen LogP contribution in [0.3, 0.4) is 0 Å². The van der Waals surface area contributed by atoms with Crippen LogP contribution in [0.5, 0.6) is 0 Å². The average Bonchev–Trinajstić information content (AvgIpc) is 2.42. The third-order valence-corrected chi connectivity index (χ3v) is 5.61. The normalized spacial score (nSPS) is 17.9. The highest BCUT2D eigenvalue weighted by molar-refractivity contribution is 7.89.